The van der Waals surface area contributed by atoms with Crippen molar-refractivity contribution in [2.45, 2.75) is 37.1 Å². The van der Waals surface area contributed by atoms with Crippen molar-refractivity contribution in [3.63, 3.8) is 0 Å². The van der Waals surface area contributed by atoms with Gasteiger partial charge in [0.15, 0.2) is 0 Å². The van der Waals surface area contributed by atoms with Gasteiger partial charge in [-0.2, -0.15) is 13.2 Å². The first kappa shape index (κ1) is 12.4. The summed E-state index contributed by atoms with van der Waals surface area (Å²) >= 11 is -0.0583. The van der Waals surface area contributed by atoms with Gasteiger partial charge in [0.2, 0.25) is 0 Å². The fourth-order valence-electron chi connectivity index (χ4n) is 1.42. The van der Waals surface area contributed by atoms with Gasteiger partial charge in [-0.1, -0.05) is 19.4 Å². The molecular weight excluding hydrogens is 221 g/mol. The lowest BCUT2D eigenvalue weighted by atomic mass is 10.1. The molecule has 84 valence electrons. The van der Waals surface area contributed by atoms with Gasteiger partial charge in [-0.25, -0.2) is 0 Å². The topological polar surface area (TPSA) is 0 Å². The molecule has 0 atom stereocenters. The van der Waals surface area contributed by atoms with E-state index in [1.807, 2.05) is 6.92 Å². The van der Waals surface area contributed by atoms with Crippen LogP contribution in [-0.4, -0.2) is 5.51 Å². The summed E-state index contributed by atoms with van der Waals surface area (Å²) in [5.41, 5.74) is -2.13. The fraction of sp³-hybridized carbons (Fsp3) is 0.455. The summed E-state index contributed by atoms with van der Waals surface area (Å²) in [5, 5.41) is 0. The van der Waals surface area contributed by atoms with Crippen LogP contribution in [-0.2, 0) is 6.42 Å². The van der Waals surface area contributed by atoms with E-state index < -0.39 is 5.51 Å². The first-order chi connectivity index (χ1) is 6.92. The number of halogens is 3. The molecule has 0 spiro atoms. The van der Waals surface area contributed by atoms with Crippen molar-refractivity contribution >= 4 is 11.8 Å². The van der Waals surface area contributed by atoms with E-state index in [1.165, 1.54) is 6.07 Å². The number of alkyl halides is 3. The monoisotopic (exact) mass is 234 g/mol. The second-order valence-corrected chi connectivity index (χ2v) is 4.52. The van der Waals surface area contributed by atoms with Crippen molar-refractivity contribution in [2.24, 2.45) is 0 Å². The van der Waals surface area contributed by atoms with Gasteiger partial charge in [0, 0.05) is 4.90 Å². The molecule has 0 fully saturated rings. The van der Waals surface area contributed by atoms with Gasteiger partial charge >= 0.3 is 5.51 Å². The van der Waals surface area contributed by atoms with Gasteiger partial charge < -0.3 is 0 Å². The van der Waals surface area contributed by atoms with E-state index in [-0.39, 0.29) is 16.7 Å². The highest BCUT2D eigenvalue weighted by Gasteiger charge is 2.29. The van der Waals surface area contributed by atoms with E-state index in [4.69, 9.17) is 0 Å². The third kappa shape index (κ3) is 4.16. The molecule has 1 aromatic carbocycles. The van der Waals surface area contributed by atoms with E-state index in [9.17, 15) is 13.2 Å². The molecule has 0 aliphatic heterocycles. The third-order valence-corrected chi connectivity index (χ3v) is 2.79. The smallest absolute Gasteiger partial charge is 0.160 e. The zero-order valence-electron chi connectivity index (χ0n) is 8.69. The molecule has 0 aromatic heterocycles. The molecule has 0 amide bonds. The van der Waals surface area contributed by atoms with Crippen LogP contribution in [0.5, 0.6) is 0 Å². The molecule has 1 aromatic rings. The van der Waals surface area contributed by atoms with Crippen LogP contribution in [0.15, 0.2) is 23.1 Å². The molecule has 0 N–H and O–H groups in total. The lowest BCUT2D eigenvalue weighted by molar-refractivity contribution is -0.0328. The van der Waals surface area contributed by atoms with Crippen LogP contribution in [0.1, 0.15) is 24.5 Å². The Balaban J connectivity index is 2.82. The van der Waals surface area contributed by atoms with Gasteiger partial charge in [-0.05, 0) is 48.4 Å². The molecule has 0 nitrogen and oxygen atoms in total. The molecule has 0 aliphatic rings. The van der Waals surface area contributed by atoms with Gasteiger partial charge in [-0.15, -0.1) is 0 Å². The summed E-state index contributed by atoms with van der Waals surface area (Å²) in [6.45, 7) is 3.91. The minimum absolute atomic E-state index is 0.0583. The first-order valence-corrected chi connectivity index (χ1v) is 5.59. The van der Waals surface area contributed by atoms with Crippen LogP contribution in [0.4, 0.5) is 13.2 Å². The van der Waals surface area contributed by atoms with Gasteiger partial charge in [0.25, 0.3) is 0 Å². The maximum Gasteiger partial charge on any atom is 0.446 e. The average Bonchev–Trinajstić information content (AvgIpc) is 2.07. The maximum atomic E-state index is 12.1. The zero-order chi connectivity index (χ0) is 11.5. The summed E-state index contributed by atoms with van der Waals surface area (Å²) in [4.78, 5) is 0.264. The van der Waals surface area contributed by atoms with Crippen molar-refractivity contribution in [2.75, 3.05) is 0 Å². The van der Waals surface area contributed by atoms with Crippen molar-refractivity contribution in [1.29, 1.82) is 0 Å². The van der Waals surface area contributed by atoms with E-state index >= 15 is 0 Å². The van der Waals surface area contributed by atoms with Crippen LogP contribution >= 0.6 is 11.8 Å². The summed E-state index contributed by atoms with van der Waals surface area (Å²) in [5.74, 6) is 0. The highest BCUT2D eigenvalue weighted by atomic mass is 32.2. The van der Waals surface area contributed by atoms with Gasteiger partial charge in [0.1, 0.15) is 0 Å². The summed E-state index contributed by atoms with van der Waals surface area (Å²) < 4.78 is 36.3. The standard InChI is InChI=1S/C11H13F3S/c1-3-4-9-5-6-10(7-8(9)2)15-11(12,13)14/h5-7H,3-4H2,1-2H3. The predicted molar refractivity (Wildman–Crippen MR) is 57.1 cm³/mol. The third-order valence-electron chi connectivity index (χ3n) is 2.07. The minimum Gasteiger partial charge on any atom is -0.160 e. The molecular formula is C11H13F3S. The number of aryl methyl sites for hydroxylation is 2. The number of hydrogen-bond acceptors (Lipinski definition) is 1. The van der Waals surface area contributed by atoms with Crippen molar-refractivity contribution in [3.8, 4) is 0 Å². The number of hydrogen-bond donors (Lipinski definition) is 0. The van der Waals surface area contributed by atoms with Crippen LogP contribution in [0.2, 0.25) is 0 Å². The van der Waals surface area contributed by atoms with Crippen LogP contribution in [0, 0.1) is 6.92 Å². The Kier molecular flexibility index (Phi) is 4.08. The molecule has 0 unspecified atom stereocenters. The Morgan fingerprint density at radius 3 is 2.40 bits per heavy atom. The molecule has 15 heavy (non-hydrogen) atoms. The molecule has 0 radical (unpaired) electrons. The highest BCUT2D eigenvalue weighted by molar-refractivity contribution is 8.00. The van der Waals surface area contributed by atoms with E-state index in [1.54, 1.807) is 12.1 Å². The van der Waals surface area contributed by atoms with Gasteiger partial charge in [0.05, 0.1) is 0 Å². The zero-order valence-corrected chi connectivity index (χ0v) is 9.50. The largest absolute Gasteiger partial charge is 0.446 e. The van der Waals surface area contributed by atoms with Crippen molar-refractivity contribution in [3.05, 3.63) is 29.3 Å². The van der Waals surface area contributed by atoms with Crippen LogP contribution in [0.3, 0.4) is 0 Å². The summed E-state index contributed by atoms with van der Waals surface area (Å²) in [7, 11) is 0. The SMILES string of the molecule is CCCc1ccc(SC(F)(F)F)cc1C. The molecule has 0 saturated heterocycles. The van der Waals surface area contributed by atoms with E-state index in [0.29, 0.717) is 0 Å². The number of benzene rings is 1. The minimum atomic E-state index is -4.20. The molecule has 0 heterocycles. The first-order valence-electron chi connectivity index (χ1n) is 4.77. The molecule has 0 aliphatic carbocycles. The van der Waals surface area contributed by atoms with E-state index in [0.717, 1.165) is 24.0 Å². The van der Waals surface area contributed by atoms with Crippen LogP contribution in [0.25, 0.3) is 0 Å². The normalized spacial score (nSPS) is 11.8. The molecule has 0 saturated carbocycles. The Morgan fingerprint density at radius 2 is 1.93 bits per heavy atom. The predicted octanol–water partition coefficient (Wildman–Crippen LogP) is 4.56. The second-order valence-electron chi connectivity index (χ2n) is 3.39. The average molecular weight is 234 g/mol. The lowest BCUT2D eigenvalue weighted by Crippen LogP contribution is -1.99. The maximum absolute atomic E-state index is 12.1. The molecule has 0 bridgehead atoms. The quantitative estimate of drug-likeness (QED) is 0.691. The summed E-state index contributed by atoms with van der Waals surface area (Å²) in [6.07, 6.45) is 1.93. The lowest BCUT2D eigenvalue weighted by Gasteiger charge is -2.09. The fourth-order valence-corrected chi connectivity index (χ4v) is 2.05. The summed E-state index contributed by atoms with van der Waals surface area (Å²) in [6, 6.07) is 4.92. The van der Waals surface area contributed by atoms with Gasteiger partial charge in [-0.3, -0.25) is 0 Å². The van der Waals surface area contributed by atoms with Crippen molar-refractivity contribution < 1.29 is 13.2 Å². The Bertz CT molecular complexity index is 331. The van der Waals surface area contributed by atoms with E-state index in [2.05, 4.69) is 6.92 Å². The highest BCUT2D eigenvalue weighted by Crippen LogP contribution is 2.37. The molecule has 1 rings (SSSR count). The Hall–Kier alpha value is -0.640. The Labute approximate surface area is 91.9 Å². The number of rotatable bonds is 3. The molecule has 4 heteroatoms. The van der Waals surface area contributed by atoms with Crippen molar-refractivity contribution in [1.82, 2.24) is 0 Å². The van der Waals surface area contributed by atoms with Crippen LogP contribution < -0.4 is 0 Å². The Morgan fingerprint density at radius 1 is 1.27 bits per heavy atom. The number of thioether (sulfide) groups is 1. The second kappa shape index (κ2) is 4.92.